The van der Waals surface area contributed by atoms with Gasteiger partial charge in [0.05, 0.1) is 5.56 Å². The fraction of sp³-hybridized carbons (Fsp3) is 0.600. The lowest BCUT2D eigenvalue weighted by Gasteiger charge is -2.31. The number of rotatable bonds is 1. The molecule has 1 aliphatic rings. The van der Waals surface area contributed by atoms with Crippen LogP contribution in [0.25, 0.3) is 0 Å². The van der Waals surface area contributed by atoms with Crippen molar-refractivity contribution < 1.29 is 13.2 Å². The minimum absolute atomic E-state index is 0.179. The predicted octanol–water partition coefficient (Wildman–Crippen LogP) is 5.43. The van der Waals surface area contributed by atoms with Crippen LogP contribution >= 0.6 is 0 Å². The first-order chi connectivity index (χ1) is 8.91. The van der Waals surface area contributed by atoms with Crippen LogP contribution in [0, 0.1) is 0 Å². The van der Waals surface area contributed by atoms with Gasteiger partial charge >= 0.3 is 6.18 Å². The molecule has 1 aromatic rings. The second kappa shape index (κ2) is 6.31. The van der Waals surface area contributed by atoms with Crippen LogP contribution in [0.2, 0.25) is 0 Å². The molecule has 1 nitrogen and oxygen atoms in total. The molecule has 0 fully saturated rings. The maximum absolute atomic E-state index is 12.6. The Morgan fingerprint density at radius 2 is 1.89 bits per heavy atom. The number of benzene rings is 1. The Morgan fingerprint density at radius 3 is 2.42 bits per heavy atom. The van der Waals surface area contributed by atoms with E-state index in [4.69, 9.17) is 0 Å². The molecule has 2 rings (SSSR count). The van der Waals surface area contributed by atoms with Crippen molar-refractivity contribution in [3.8, 4) is 0 Å². The second-order valence-corrected chi connectivity index (χ2v) is 4.69. The van der Waals surface area contributed by atoms with E-state index in [-0.39, 0.29) is 5.92 Å². The Kier molecular flexibility index (Phi) is 5.27. The van der Waals surface area contributed by atoms with Crippen molar-refractivity contribution in [3.05, 3.63) is 29.3 Å². The normalized spacial score (nSPS) is 21.8. The monoisotopic (exact) mass is 273 g/mol. The van der Waals surface area contributed by atoms with Gasteiger partial charge in [0.2, 0.25) is 0 Å². The van der Waals surface area contributed by atoms with Gasteiger partial charge in [0, 0.05) is 11.7 Å². The molecule has 0 unspecified atom stereocenters. The van der Waals surface area contributed by atoms with Gasteiger partial charge in [-0.05, 0) is 42.5 Å². The molecule has 108 valence electrons. The summed E-state index contributed by atoms with van der Waals surface area (Å²) in [4.78, 5) is 0. The zero-order valence-corrected chi connectivity index (χ0v) is 11.9. The molecule has 0 bridgehead atoms. The van der Waals surface area contributed by atoms with Gasteiger partial charge in [-0.15, -0.1) is 0 Å². The number of hydrogen-bond acceptors (Lipinski definition) is 1. The number of nitrogens with one attached hydrogen (secondary N) is 1. The molecular formula is C15H22F3N. The van der Waals surface area contributed by atoms with Gasteiger partial charge in [-0.25, -0.2) is 0 Å². The van der Waals surface area contributed by atoms with Crippen LogP contribution in [-0.2, 0) is 6.18 Å². The summed E-state index contributed by atoms with van der Waals surface area (Å²) in [5, 5.41) is 3.29. The van der Waals surface area contributed by atoms with Gasteiger partial charge < -0.3 is 5.32 Å². The molecule has 1 N–H and O–H groups in total. The Hall–Kier alpha value is -1.19. The van der Waals surface area contributed by atoms with Crippen LogP contribution in [0.15, 0.2) is 18.2 Å². The fourth-order valence-electron chi connectivity index (χ4n) is 2.38. The minimum Gasteiger partial charge on any atom is -0.382 e. The Bertz CT molecular complexity index is 412. The van der Waals surface area contributed by atoms with Crippen molar-refractivity contribution >= 4 is 5.69 Å². The third kappa shape index (κ3) is 3.64. The number of hydrogen-bond donors (Lipinski definition) is 1. The molecule has 2 atom stereocenters. The first kappa shape index (κ1) is 15.9. The number of alkyl halides is 3. The maximum atomic E-state index is 12.6. The molecule has 1 aliphatic heterocycles. The molecule has 0 aromatic heterocycles. The third-order valence-corrected chi connectivity index (χ3v) is 3.40. The van der Waals surface area contributed by atoms with E-state index in [9.17, 15) is 13.2 Å². The summed E-state index contributed by atoms with van der Waals surface area (Å²) < 4.78 is 37.8. The van der Waals surface area contributed by atoms with Gasteiger partial charge in [0.15, 0.2) is 0 Å². The minimum atomic E-state index is -4.25. The van der Waals surface area contributed by atoms with Crippen molar-refractivity contribution in [1.29, 1.82) is 0 Å². The summed E-state index contributed by atoms with van der Waals surface area (Å²) in [5.41, 5.74) is 1.08. The van der Waals surface area contributed by atoms with E-state index in [1.807, 2.05) is 20.8 Å². The lowest BCUT2D eigenvalue weighted by Crippen LogP contribution is -2.26. The Balaban J connectivity index is 0.000000861. The summed E-state index contributed by atoms with van der Waals surface area (Å²) in [6, 6.07) is 4.35. The molecule has 1 aromatic carbocycles. The molecule has 19 heavy (non-hydrogen) atoms. The highest BCUT2D eigenvalue weighted by Crippen LogP contribution is 2.39. The zero-order valence-electron chi connectivity index (χ0n) is 11.9. The fourth-order valence-corrected chi connectivity index (χ4v) is 2.38. The number of halogens is 3. The smallest absolute Gasteiger partial charge is 0.382 e. The largest absolute Gasteiger partial charge is 0.416 e. The van der Waals surface area contributed by atoms with Crippen molar-refractivity contribution in [2.45, 2.75) is 58.7 Å². The van der Waals surface area contributed by atoms with Crippen LogP contribution in [0.3, 0.4) is 0 Å². The molecule has 0 spiro atoms. The van der Waals surface area contributed by atoms with Gasteiger partial charge in [-0.3, -0.25) is 0 Å². The molecule has 1 heterocycles. The van der Waals surface area contributed by atoms with E-state index in [1.54, 1.807) is 6.07 Å². The van der Waals surface area contributed by atoms with Crippen molar-refractivity contribution in [3.63, 3.8) is 0 Å². The SMILES string of the molecule is CC.CC[C@@H]1C[C@H](C)c2cc(C(F)(F)F)ccc2N1. The topological polar surface area (TPSA) is 12.0 Å². The van der Waals surface area contributed by atoms with Crippen molar-refractivity contribution in [2.24, 2.45) is 0 Å². The molecule has 0 saturated carbocycles. The summed E-state index contributed by atoms with van der Waals surface area (Å²) in [6.07, 6.45) is -2.37. The Morgan fingerprint density at radius 1 is 1.26 bits per heavy atom. The summed E-state index contributed by atoms with van der Waals surface area (Å²) in [7, 11) is 0. The highest BCUT2D eigenvalue weighted by atomic mass is 19.4. The van der Waals surface area contributed by atoms with E-state index in [1.165, 1.54) is 6.07 Å². The first-order valence-corrected chi connectivity index (χ1v) is 6.89. The van der Waals surface area contributed by atoms with Crippen LogP contribution in [-0.4, -0.2) is 6.04 Å². The lowest BCUT2D eigenvalue weighted by molar-refractivity contribution is -0.137. The van der Waals surface area contributed by atoms with E-state index < -0.39 is 11.7 Å². The van der Waals surface area contributed by atoms with Gasteiger partial charge in [0.1, 0.15) is 0 Å². The van der Waals surface area contributed by atoms with Crippen LogP contribution in [0.5, 0.6) is 0 Å². The van der Waals surface area contributed by atoms with Gasteiger partial charge in [0.25, 0.3) is 0 Å². The standard InChI is InChI=1S/C13H16F3N.C2H6/c1-3-10-6-8(2)11-7-9(13(14,15)16)4-5-12(11)17-10;1-2/h4-5,7-8,10,17H,3,6H2,1-2H3;1-2H3/t8-,10+;/m0./s1. The van der Waals surface area contributed by atoms with Crippen molar-refractivity contribution in [2.75, 3.05) is 5.32 Å². The quantitative estimate of drug-likeness (QED) is 0.719. The third-order valence-electron chi connectivity index (χ3n) is 3.40. The number of anilines is 1. The molecule has 4 heteroatoms. The highest BCUT2D eigenvalue weighted by molar-refractivity contribution is 5.57. The van der Waals surface area contributed by atoms with E-state index in [2.05, 4.69) is 12.2 Å². The molecule has 0 amide bonds. The van der Waals surface area contributed by atoms with Crippen LogP contribution in [0.4, 0.5) is 18.9 Å². The molecule has 0 saturated heterocycles. The van der Waals surface area contributed by atoms with Crippen LogP contribution in [0.1, 0.15) is 57.6 Å². The highest BCUT2D eigenvalue weighted by Gasteiger charge is 2.32. The summed E-state index contributed by atoms with van der Waals surface area (Å²) in [5.74, 6) is 0.179. The first-order valence-electron chi connectivity index (χ1n) is 6.89. The summed E-state index contributed by atoms with van der Waals surface area (Å²) in [6.45, 7) is 8.07. The Labute approximate surface area is 113 Å². The average molecular weight is 273 g/mol. The van der Waals surface area contributed by atoms with Gasteiger partial charge in [-0.1, -0.05) is 27.7 Å². The zero-order chi connectivity index (χ0) is 14.6. The summed E-state index contributed by atoms with van der Waals surface area (Å²) >= 11 is 0. The average Bonchev–Trinajstić information content (AvgIpc) is 2.39. The van der Waals surface area contributed by atoms with Crippen LogP contribution < -0.4 is 5.32 Å². The number of fused-ring (bicyclic) bond motifs is 1. The molecular weight excluding hydrogens is 251 g/mol. The van der Waals surface area contributed by atoms with E-state index >= 15 is 0 Å². The van der Waals surface area contributed by atoms with E-state index in [0.717, 1.165) is 30.2 Å². The van der Waals surface area contributed by atoms with E-state index in [0.29, 0.717) is 6.04 Å². The van der Waals surface area contributed by atoms with Crippen molar-refractivity contribution in [1.82, 2.24) is 0 Å². The second-order valence-electron chi connectivity index (χ2n) is 4.69. The molecule has 0 radical (unpaired) electrons. The van der Waals surface area contributed by atoms with Gasteiger partial charge in [-0.2, -0.15) is 13.2 Å². The molecule has 0 aliphatic carbocycles. The predicted molar refractivity (Wildman–Crippen MR) is 73.5 cm³/mol. The lowest BCUT2D eigenvalue weighted by atomic mass is 9.86. The maximum Gasteiger partial charge on any atom is 0.416 e.